The summed E-state index contributed by atoms with van der Waals surface area (Å²) in [4.78, 5) is 9.45. The van der Waals surface area contributed by atoms with Crippen LogP contribution in [0.15, 0.2) is 168 Å². The van der Waals surface area contributed by atoms with E-state index in [0.717, 1.165) is 72.6 Å². The van der Waals surface area contributed by atoms with Gasteiger partial charge in [-0.1, -0.05) is 140 Å². The van der Waals surface area contributed by atoms with Crippen molar-refractivity contribution in [1.82, 2.24) is 14.5 Å². The van der Waals surface area contributed by atoms with E-state index in [1.807, 2.05) is 48.5 Å². The van der Waals surface area contributed by atoms with E-state index in [0.29, 0.717) is 0 Å². The van der Waals surface area contributed by atoms with Crippen molar-refractivity contribution in [1.29, 1.82) is 0 Å². The zero-order valence-corrected chi connectivity index (χ0v) is 33.1. The molecule has 5 heteroatoms. The number of imidazole rings is 1. The third-order valence-electron chi connectivity index (χ3n) is 9.46. The Labute approximate surface area is 330 Å². The molecule has 0 aliphatic rings. The van der Waals surface area contributed by atoms with Gasteiger partial charge in [0.2, 0.25) is 0 Å². The third kappa shape index (κ3) is 7.34. The second kappa shape index (κ2) is 15.6. The molecule has 0 aliphatic carbocycles. The number of hydrogen-bond donors (Lipinski definition) is 0. The summed E-state index contributed by atoms with van der Waals surface area (Å²) >= 11 is 0. The zero-order valence-electron chi connectivity index (χ0n) is 30.7. The summed E-state index contributed by atoms with van der Waals surface area (Å²) < 4.78 is 8.34. The summed E-state index contributed by atoms with van der Waals surface area (Å²) in [5, 5.41) is 1.02. The predicted molar refractivity (Wildman–Crippen MR) is 218 cm³/mol. The van der Waals surface area contributed by atoms with E-state index in [1.165, 1.54) is 11.1 Å². The molecule has 0 saturated carbocycles. The maximum atomic E-state index is 6.03. The summed E-state index contributed by atoms with van der Waals surface area (Å²) in [6.07, 6.45) is 5.04. The second-order valence-electron chi connectivity index (χ2n) is 14.2. The van der Waals surface area contributed by atoms with Gasteiger partial charge in [-0.2, -0.15) is 0 Å². The number of nitrogens with zero attached hydrogens (tertiary/aromatic N) is 3. The van der Waals surface area contributed by atoms with Crippen LogP contribution in [0.5, 0.6) is 0 Å². The molecule has 0 bridgehead atoms. The summed E-state index contributed by atoms with van der Waals surface area (Å²) in [5.41, 5.74) is 13.8. The Morgan fingerprint density at radius 3 is 1.94 bits per heavy atom. The average Bonchev–Trinajstić information content (AvgIpc) is 3.80. The van der Waals surface area contributed by atoms with Crippen molar-refractivity contribution in [2.45, 2.75) is 33.1 Å². The first kappa shape index (κ1) is 36.5. The normalized spacial score (nSPS) is 11.2. The maximum absolute atomic E-state index is 6.03. The number of para-hydroxylation sites is 2. The molecule has 54 heavy (non-hydrogen) atoms. The van der Waals surface area contributed by atoms with Crippen molar-refractivity contribution >= 4 is 22.0 Å². The number of benzene rings is 6. The van der Waals surface area contributed by atoms with Gasteiger partial charge in [0.05, 0.1) is 22.5 Å². The number of aromatic nitrogens is 3. The Hall–Kier alpha value is -5.87. The Morgan fingerprint density at radius 1 is 0.667 bits per heavy atom. The molecule has 6 aromatic carbocycles. The minimum absolute atomic E-state index is 0. The van der Waals surface area contributed by atoms with E-state index in [1.54, 1.807) is 6.20 Å². The molecule has 0 unspecified atom stereocenters. The van der Waals surface area contributed by atoms with Crippen LogP contribution in [-0.4, -0.2) is 14.5 Å². The van der Waals surface area contributed by atoms with Gasteiger partial charge >= 0.3 is 0 Å². The van der Waals surface area contributed by atoms with Gasteiger partial charge in [-0.15, -0.1) is 35.9 Å². The minimum Gasteiger partial charge on any atom is -0.557 e. The van der Waals surface area contributed by atoms with Crippen molar-refractivity contribution in [2.24, 2.45) is 0 Å². The summed E-state index contributed by atoms with van der Waals surface area (Å²) in [6.45, 7) is 8.87. The fourth-order valence-electron chi connectivity index (χ4n) is 6.80. The Balaban J connectivity index is 0.000000294. The Kier molecular flexibility index (Phi) is 10.6. The van der Waals surface area contributed by atoms with Crippen LogP contribution < -0.4 is 0 Å². The molecule has 0 aliphatic heterocycles. The van der Waals surface area contributed by atoms with E-state index in [4.69, 9.17) is 9.40 Å². The Bertz CT molecular complexity index is 2540. The Morgan fingerprint density at radius 2 is 1.31 bits per heavy atom. The van der Waals surface area contributed by atoms with E-state index in [2.05, 4.69) is 159 Å². The fraction of sp³-hybridized carbons (Fsp3) is 0.102. The molecule has 0 amide bonds. The predicted octanol–water partition coefficient (Wildman–Crippen LogP) is 12.7. The number of hydrogen-bond acceptors (Lipinski definition) is 3. The molecule has 4 nitrogen and oxygen atoms in total. The molecule has 3 aromatic heterocycles. The summed E-state index contributed by atoms with van der Waals surface area (Å²) in [6, 6.07) is 57.4. The third-order valence-corrected chi connectivity index (χ3v) is 9.46. The molecule has 0 fully saturated rings. The number of pyridine rings is 1. The molecule has 0 atom stereocenters. The molecule has 3 heterocycles. The summed E-state index contributed by atoms with van der Waals surface area (Å²) in [7, 11) is 0. The van der Waals surface area contributed by atoms with E-state index < -0.39 is 0 Å². The van der Waals surface area contributed by atoms with Gasteiger partial charge in [0.25, 0.3) is 0 Å². The molecule has 9 rings (SSSR count). The first-order valence-corrected chi connectivity index (χ1v) is 17.9. The second-order valence-corrected chi connectivity index (χ2v) is 14.2. The summed E-state index contributed by atoms with van der Waals surface area (Å²) in [5.74, 6) is 0.814. The van der Waals surface area contributed by atoms with Gasteiger partial charge in [0.1, 0.15) is 0 Å². The van der Waals surface area contributed by atoms with Crippen LogP contribution >= 0.6 is 0 Å². The molecule has 9 aromatic rings. The molecule has 0 N–H and O–H groups in total. The zero-order chi connectivity index (χ0) is 36.4. The van der Waals surface area contributed by atoms with E-state index in [9.17, 15) is 0 Å². The number of furan rings is 1. The smallest absolute Gasteiger partial charge is 0.0774 e. The van der Waals surface area contributed by atoms with Crippen LogP contribution in [0.1, 0.15) is 31.9 Å². The maximum Gasteiger partial charge on any atom is 0.0774 e. The van der Waals surface area contributed by atoms with E-state index >= 15 is 0 Å². The topological polar surface area (TPSA) is 43.9 Å². The van der Waals surface area contributed by atoms with Crippen LogP contribution in [0.25, 0.3) is 72.6 Å². The van der Waals surface area contributed by atoms with Crippen LogP contribution in [0.2, 0.25) is 0 Å². The molecule has 0 spiro atoms. The van der Waals surface area contributed by atoms with Crippen LogP contribution in [0.3, 0.4) is 0 Å². The van der Waals surface area contributed by atoms with Gasteiger partial charge in [0.15, 0.2) is 0 Å². The molecular weight excluding hydrogens is 839 g/mol. The average molecular weight is 878 g/mol. The number of fused-ring (bicyclic) bond motifs is 2. The van der Waals surface area contributed by atoms with Crippen molar-refractivity contribution < 1.29 is 24.5 Å². The van der Waals surface area contributed by atoms with Gasteiger partial charge in [-0.3, -0.25) is 4.98 Å². The van der Waals surface area contributed by atoms with Crippen molar-refractivity contribution in [3.05, 3.63) is 187 Å². The first-order chi connectivity index (χ1) is 25.8. The van der Waals surface area contributed by atoms with Gasteiger partial charge in [0, 0.05) is 49.3 Å². The van der Waals surface area contributed by atoms with E-state index in [-0.39, 0.29) is 25.5 Å². The van der Waals surface area contributed by atoms with Gasteiger partial charge < -0.3 is 14.0 Å². The molecular formula is C49H39IrN3O-2. The van der Waals surface area contributed by atoms with Crippen molar-refractivity contribution in [2.75, 3.05) is 0 Å². The monoisotopic (exact) mass is 878 g/mol. The molecule has 0 saturated heterocycles. The largest absolute Gasteiger partial charge is 0.557 e. The van der Waals surface area contributed by atoms with Crippen LogP contribution in [-0.2, 0) is 25.5 Å². The fourth-order valence-corrected chi connectivity index (χ4v) is 6.80. The van der Waals surface area contributed by atoms with Gasteiger partial charge in [-0.25, -0.2) is 0 Å². The van der Waals surface area contributed by atoms with Crippen LogP contribution in [0.4, 0.5) is 0 Å². The SMILES string of the molecule is Cc1cc(-c2ccccc2)c(-n2c(-c3[c-]oc4ccc(C(C)(C)C)cc34)nc3ccccc32)c(-c2ccccc2)c1.[Ir].[c-]1ccccc1-c1ccccn1. The van der Waals surface area contributed by atoms with Crippen LogP contribution in [0, 0.1) is 19.3 Å². The van der Waals surface area contributed by atoms with Gasteiger partial charge in [-0.05, 0) is 65.1 Å². The molecule has 267 valence electrons. The first-order valence-electron chi connectivity index (χ1n) is 17.9. The minimum atomic E-state index is 0. The quantitative estimate of drug-likeness (QED) is 0.162. The number of rotatable bonds is 5. The van der Waals surface area contributed by atoms with Crippen molar-refractivity contribution in [3.8, 4) is 50.6 Å². The molecule has 1 radical (unpaired) electrons. The number of aryl methyl sites for hydroxylation is 1. The van der Waals surface area contributed by atoms with Crippen molar-refractivity contribution in [3.63, 3.8) is 0 Å². The standard InChI is InChI=1S/C38H31N2O.C11H8N.Ir/c1-25-21-29(26-13-7-5-8-14-26)36(30(22-25)27-15-9-6-10-16-27)40-34-18-12-11-17-33(34)39-37(40)32-24-41-35-20-19-28(23-31(32)35)38(2,3)4;1-2-6-10(7-3-1)11-8-4-5-9-12-11;/h5-23H,1-4H3;1-6,8-9H;/q2*-1;.